The van der Waals surface area contributed by atoms with Crippen molar-refractivity contribution < 1.29 is 4.39 Å². The predicted octanol–water partition coefficient (Wildman–Crippen LogP) is 3.41. The lowest BCUT2D eigenvalue weighted by Gasteiger charge is -2.43. The number of benzene rings is 1. The second kappa shape index (κ2) is 6.23. The van der Waals surface area contributed by atoms with Gasteiger partial charge >= 0.3 is 0 Å². The molecule has 0 saturated heterocycles. The van der Waals surface area contributed by atoms with E-state index >= 15 is 0 Å². The summed E-state index contributed by atoms with van der Waals surface area (Å²) < 4.78 is 13.2. The first-order chi connectivity index (χ1) is 9.38. The number of halogens is 1. The van der Waals surface area contributed by atoms with Crippen LogP contribution in [0.4, 0.5) is 4.39 Å². The topological polar surface area (TPSA) is 29.3 Å². The Morgan fingerprint density at radius 2 is 2.15 bits per heavy atom. The lowest BCUT2D eigenvalue weighted by molar-refractivity contribution is 0.109. The van der Waals surface area contributed by atoms with E-state index in [9.17, 15) is 4.39 Å². The zero-order chi connectivity index (χ0) is 14.8. The monoisotopic (exact) mass is 278 g/mol. The molecule has 0 bridgehead atoms. The van der Waals surface area contributed by atoms with Crippen molar-refractivity contribution in [2.24, 2.45) is 17.1 Å². The SMILES string of the molecule is CN(Cc1cccc(F)c1)CC1CCCC(C)(C)C1N. The van der Waals surface area contributed by atoms with Crippen LogP contribution in [0, 0.1) is 17.2 Å². The predicted molar refractivity (Wildman–Crippen MR) is 81.8 cm³/mol. The van der Waals surface area contributed by atoms with Crippen molar-refractivity contribution >= 4 is 0 Å². The lowest BCUT2D eigenvalue weighted by Crippen LogP contribution is -2.49. The minimum atomic E-state index is -0.161. The van der Waals surface area contributed by atoms with Gasteiger partial charge in [-0.05, 0) is 48.9 Å². The number of hydrogen-bond acceptors (Lipinski definition) is 2. The summed E-state index contributed by atoms with van der Waals surface area (Å²) in [6, 6.07) is 7.11. The van der Waals surface area contributed by atoms with Crippen LogP contribution in [0.5, 0.6) is 0 Å². The number of nitrogens with two attached hydrogens (primary N) is 1. The molecular formula is C17H27FN2. The third-order valence-corrected chi connectivity index (χ3v) is 4.69. The molecular weight excluding hydrogens is 251 g/mol. The summed E-state index contributed by atoms with van der Waals surface area (Å²) in [6.07, 6.45) is 3.69. The van der Waals surface area contributed by atoms with Crippen LogP contribution in [-0.2, 0) is 6.54 Å². The van der Waals surface area contributed by atoms with E-state index in [0.29, 0.717) is 5.92 Å². The van der Waals surface area contributed by atoms with Gasteiger partial charge in [-0.3, -0.25) is 0 Å². The Hall–Kier alpha value is -0.930. The van der Waals surface area contributed by atoms with Crippen LogP contribution in [0.1, 0.15) is 38.7 Å². The molecule has 0 spiro atoms. The fourth-order valence-corrected chi connectivity index (χ4v) is 3.42. The summed E-state index contributed by atoms with van der Waals surface area (Å²) in [7, 11) is 2.10. The van der Waals surface area contributed by atoms with E-state index < -0.39 is 0 Å². The second-order valence-electron chi connectivity index (χ2n) is 6.99. The number of hydrogen-bond donors (Lipinski definition) is 1. The van der Waals surface area contributed by atoms with Crippen LogP contribution < -0.4 is 5.73 Å². The van der Waals surface area contributed by atoms with Crippen LogP contribution in [0.2, 0.25) is 0 Å². The maximum Gasteiger partial charge on any atom is 0.123 e. The standard InChI is InChI=1S/C17H27FN2/c1-17(2)9-5-7-14(16(17)19)12-20(3)11-13-6-4-8-15(18)10-13/h4,6,8,10,14,16H,5,7,9,11-12,19H2,1-3H3. The van der Waals surface area contributed by atoms with Gasteiger partial charge in [0.2, 0.25) is 0 Å². The van der Waals surface area contributed by atoms with Crippen molar-refractivity contribution in [3.63, 3.8) is 0 Å². The summed E-state index contributed by atoms with van der Waals surface area (Å²) >= 11 is 0. The van der Waals surface area contributed by atoms with E-state index in [1.807, 2.05) is 6.07 Å². The Morgan fingerprint density at radius 3 is 2.85 bits per heavy atom. The van der Waals surface area contributed by atoms with Gasteiger partial charge in [0, 0.05) is 19.1 Å². The van der Waals surface area contributed by atoms with E-state index in [-0.39, 0.29) is 17.3 Å². The third kappa shape index (κ3) is 3.80. The van der Waals surface area contributed by atoms with Crippen molar-refractivity contribution in [1.29, 1.82) is 0 Å². The summed E-state index contributed by atoms with van der Waals surface area (Å²) in [6.45, 7) is 6.31. The maximum absolute atomic E-state index is 13.2. The molecule has 0 amide bonds. The quantitative estimate of drug-likeness (QED) is 0.914. The molecule has 1 aliphatic rings. The minimum absolute atomic E-state index is 0.161. The van der Waals surface area contributed by atoms with Gasteiger partial charge in [-0.2, -0.15) is 0 Å². The molecule has 0 aliphatic heterocycles. The van der Waals surface area contributed by atoms with Crippen molar-refractivity contribution in [2.75, 3.05) is 13.6 Å². The van der Waals surface area contributed by atoms with E-state index in [4.69, 9.17) is 5.73 Å². The second-order valence-corrected chi connectivity index (χ2v) is 6.99. The highest BCUT2D eigenvalue weighted by atomic mass is 19.1. The average molecular weight is 278 g/mol. The van der Waals surface area contributed by atoms with Crippen LogP contribution in [-0.4, -0.2) is 24.5 Å². The number of nitrogens with zero attached hydrogens (tertiary/aromatic N) is 1. The molecule has 1 fully saturated rings. The zero-order valence-corrected chi connectivity index (χ0v) is 12.9. The van der Waals surface area contributed by atoms with Gasteiger partial charge in [0.05, 0.1) is 0 Å². The van der Waals surface area contributed by atoms with Gasteiger partial charge in [0.25, 0.3) is 0 Å². The first-order valence-electron chi connectivity index (χ1n) is 7.57. The Morgan fingerprint density at radius 1 is 1.40 bits per heavy atom. The minimum Gasteiger partial charge on any atom is -0.327 e. The molecule has 0 radical (unpaired) electrons. The molecule has 112 valence electrons. The molecule has 1 aromatic rings. The van der Waals surface area contributed by atoms with Crippen molar-refractivity contribution in [1.82, 2.24) is 4.90 Å². The largest absolute Gasteiger partial charge is 0.327 e. The molecule has 1 aromatic carbocycles. The van der Waals surface area contributed by atoms with Crippen molar-refractivity contribution in [3.05, 3.63) is 35.6 Å². The first-order valence-corrected chi connectivity index (χ1v) is 7.57. The normalized spacial score (nSPS) is 25.9. The zero-order valence-electron chi connectivity index (χ0n) is 12.9. The van der Waals surface area contributed by atoms with Gasteiger partial charge in [-0.1, -0.05) is 32.4 Å². The Balaban J connectivity index is 1.92. The van der Waals surface area contributed by atoms with Crippen LogP contribution in [0.3, 0.4) is 0 Å². The van der Waals surface area contributed by atoms with Gasteiger partial charge in [0.1, 0.15) is 5.82 Å². The Kier molecular flexibility index (Phi) is 4.82. The van der Waals surface area contributed by atoms with Gasteiger partial charge < -0.3 is 10.6 Å². The highest BCUT2D eigenvalue weighted by Gasteiger charge is 2.36. The highest BCUT2D eigenvalue weighted by molar-refractivity contribution is 5.16. The smallest absolute Gasteiger partial charge is 0.123 e. The molecule has 1 saturated carbocycles. The van der Waals surface area contributed by atoms with E-state index in [0.717, 1.165) is 18.7 Å². The molecule has 1 aliphatic carbocycles. The summed E-state index contributed by atoms with van der Waals surface area (Å²) in [5.74, 6) is 0.378. The molecule has 2 nitrogen and oxygen atoms in total. The molecule has 2 rings (SSSR count). The first kappa shape index (κ1) is 15.5. The van der Waals surface area contributed by atoms with Gasteiger partial charge in [0.15, 0.2) is 0 Å². The molecule has 2 N–H and O–H groups in total. The Labute approximate surface area is 122 Å². The lowest BCUT2D eigenvalue weighted by atomic mass is 9.68. The fourth-order valence-electron chi connectivity index (χ4n) is 3.42. The summed E-state index contributed by atoms with van der Waals surface area (Å²) in [4.78, 5) is 2.26. The summed E-state index contributed by atoms with van der Waals surface area (Å²) in [5.41, 5.74) is 7.70. The highest BCUT2D eigenvalue weighted by Crippen LogP contribution is 2.37. The maximum atomic E-state index is 13.2. The average Bonchev–Trinajstić information content (AvgIpc) is 2.35. The van der Waals surface area contributed by atoms with Gasteiger partial charge in [-0.25, -0.2) is 4.39 Å². The molecule has 0 heterocycles. The molecule has 2 atom stereocenters. The molecule has 20 heavy (non-hydrogen) atoms. The van der Waals surface area contributed by atoms with E-state index in [1.165, 1.54) is 25.3 Å². The van der Waals surface area contributed by atoms with Crippen molar-refractivity contribution in [3.8, 4) is 0 Å². The third-order valence-electron chi connectivity index (χ3n) is 4.69. The molecule has 0 aromatic heterocycles. The summed E-state index contributed by atoms with van der Waals surface area (Å²) in [5, 5.41) is 0. The van der Waals surface area contributed by atoms with E-state index in [1.54, 1.807) is 12.1 Å². The van der Waals surface area contributed by atoms with Crippen LogP contribution in [0.25, 0.3) is 0 Å². The fraction of sp³-hybridized carbons (Fsp3) is 0.647. The van der Waals surface area contributed by atoms with E-state index in [2.05, 4.69) is 25.8 Å². The van der Waals surface area contributed by atoms with Gasteiger partial charge in [-0.15, -0.1) is 0 Å². The molecule has 3 heteroatoms. The van der Waals surface area contributed by atoms with Crippen LogP contribution in [0.15, 0.2) is 24.3 Å². The van der Waals surface area contributed by atoms with Crippen molar-refractivity contribution in [2.45, 2.75) is 45.7 Å². The van der Waals surface area contributed by atoms with Crippen LogP contribution >= 0.6 is 0 Å². The Bertz CT molecular complexity index is 444. The molecule has 2 unspecified atom stereocenters. The number of rotatable bonds is 4.